The number of aromatic nitrogens is 1. The van der Waals surface area contributed by atoms with Gasteiger partial charge in [0, 0.05) is 23.8 Å². The Morgan fingerprint density at radius 1 is 1.23 bits per heavy atom. The van der Waals surface area contributed by atoms with Crippen LogP contribution in [0.1, 0.15) is 35.7 Å². The van der Waals surface area contributed by atoms with E-state index in [0.29, 0.717) is 24.4 Å². The zero-order chi connectivity index (χ0) is 18.9. The summed E-state index contributed by atoms with van der Waals surface area (Å²) in [5.74, 6) is -1.41. The molecule has 1 aliphatic heterocycles. The number of likely N-dealkylation sites (tertiary alicyclic amines) is 1. The number of amides is 1. The van der Waals surface area contributed by atoms with Crippen molar-refractivity contribution in [2.24, 2.45) is 0 Å². The van der Waals surface area contributed by atoms with E-state index in [0.717, 1.165) is 5.56 Å². The van der Waals surface area contributed by atoms with Crippen molar-refractivity contribution in [3.8, 4) is 0 Å². The van der Waals surface area contributed by atoms with Gasteiger partial charge in [0.05, 0.1) is 12.1 Å². The molecule has 1 amide bonds. The average Bonchev–Trinajstić information content (AvgIpc) is 3.01. The van der Waals surface area contributed by atoms with Crippen LogP contribution < -0.4 is 5.56 Å². The highest BCUT2D eigenvalue weighted by Crippen LogP contribution is 2.30. The molecule has 0 aliphatic carbocycles. The Kier molecular flexibility index (Phi) is 4.87. The molecular weight excluding hydrogens is 356 g/mol. The van der Waals surface area contributed by atoms with Crippen LogP contribution in [-0.2, 0) is 11.3 Å². The molecule has 26 heavy (non-hydrogen) atoms. The number of carbonyl (C=O) groups is 2. The highest BCUT2D eigenvalue weighted by molar-refractivity contribution is 6.31. The predicted octanol–water partition coefficient (Wildman–Crippen LogP) is 2.63. The Bertz CT molecular complexity index is 924. The average molecular weight is 375 g/mol. The van der Waals surface area contributed by atoms with Crippen LogP contribution in [0, 0.1) is 0 Å². The first-order chi connectivity index (χ1) is 12.3. The van der Waals surface area contributed by atoms with E-state index in [1.165, 1.54) is 27.8 Å². The highest BCUT2D eigenvalue weighted by atomic mass is 35.5. The smallest absolute Gasteiger partial charge is 0.329 e. The van der Waals surface area contributed by atoms with E-state index < -0.39 is 11.5 Å². The van der Waals surface area contributed by atoms with Crippen molar-refractivity contribution < 1.29 is 14.7 Å². The van der Waals surface area contributed by atoms with E-state index in [4.69, 9.17) is 11.6 Å². The topological polar surface area (TPSA) is 79.6 Å². The van der Waals surface area contributed by atoms with E-state index in [2.05, 4.69) is 0 Å². The lowest BCUT2D eigenvalue weighted by Gasteiger charge is -2.31. The molecule has 1 aromatic heterocycles. The largest absolute Gasteiger partial charge is 0.480 e. The number of nitrogens with zero attached hydrogens (tertiary/aromatic N) is 2. The quantitative estimate of drug-likeness (QED) is 0.892. The van der Waals surface area contributed by atoms with Crippen molar-refractivity contribution in [2.75, 3.05) is 6.54 Å². The fraction of sp³-hybridized carbons (Fsp3) is 0.316. The summed E-state index contributed by atoms with van der Waals surface area (Å²) in [5.41, 5.74) is -0.437. The standard InChI is InChI=1S/C19H19ClN2O4/c1-19(18(25)26)9-4-10-22(19)17(24)14-7-8-16(23)21(12-14)11-13-5-2-3-6-15(13)20/h2-3,5-8,12H,4,9-11H2,1H3,(H,25,26). The second-order valence-corrected chi connectivity index (χ2v) is 7.02. The van der Waals surface area contributed by atoms with Gasteiger partial charge in [0.2, 0.25) is 0 Å². The Morgan fingerprint density at radius 3 is 2.65 bits per heavy atom. The van der Waals surface area contributed by atoms with Gasteiger partial charge >= 0.3 is 5.97 Å². The van der Waals surface area contributed by atoms with Crippen LogP contribution in [0.5, 0.6) is 0 Å². The number of rotatable bonds is 4. The lowest BCUT2D eigenvalue weighted by atomic mass is 9.99. The van der Waals surface area contributed by atoms with E-state index >= 15 is 0 Å². The van der Waals surface area contributed by atoms with Gasteiger partial charge in [-0.15, -0.1) is 0 Å². The minimum absolute atomic E-state index is 0.232. The van der Waals surface area contributed by atoms with Gasteiger partial charge in [-0.3, -0.25) is 9.59 Å². The van der Waals surface area contributed by atoms with Crippen LogP contribution in [0.25, 0.3) is 0 Å². The molecule has 3 rings (SSSR count). The zero-order valence-corrected chi connectivity index (χ0v) is 15.1. The number of hydrogen-bond acceptors (Lipinski definition) is 3. The summed E-state index contributed by atoms with van der Waals surface area (Å²) in [6.07, 6.45) is 2.51. The van der Waals surface area contributed by atoms with Gasteiger partial charge in [0.1, 0.15) is 5.54 Å². The molecule has 136 valence electrons. The van der Waals surface area contributed by atoms with Gasteiger partial charge in [-0.25, -0.2) is 4.79 Å². The third-order valence-electron chi connectivity index (χ3n) is 4.88. The van der Waals surface area contributed by atoms with Crippen LogP contribution in [0.2, 0.25) is 5.02 Å². The maximum Gasteiger partial charge on any atom is 0.329 e. The minimum Gasteiger partial charge on any atom is -0.480 e. The number of hydrogen-bond donors (Lipinski definition) is 1. The molecule has 1 unspecified atom stereocenters. The summed E-state index contributed by atoms with van der Waals surface area (Å²) in [5, 5.41) is 10.0. The van der Waals surface area contributed by atoms with Crippen LogP contribution in [0.4, 0.5) is 0 Å². The molecule has 1 atom stereocenters. The van der Waals surface area contributed by atoms with E-state index in [-0.39, 0.29) is 23.6 Å². The molecule has 1 aromatic carbocycles. The molecule has 0 spiro atoms. The Morgan fingerprint density at radius 2 is 1.96 bits per heavy atom. The fourth-order valence-electron chi connectivity index (χ4n) is 3.26. The normalized spacial score (nSPS) is 19.5. The molecule has 0 bridgehead atoms. The van der Waals surface area contributed by atoms with Crippen molar-refractivity contribution in [1.82, 2.24) is 9.47 Å². The van der Waals surface area contributed by atoms with Crippen LogP contribution in [-0.4, -0.2) is 38.5 Å². The van der Waals surface area contributed by atoms with Crippen molar-refractivity contribution in [3.05, 3.63) is 69.1 Å². The molecule has 6 nitrogen and oxygen atoms in total. The van der Waals surface area contributed by atoms with Crippen molar-refractivity contribution in [1.29, 1.82) is 0 Å². The Balaban J connectivity index is 1.92. The molecule has 7 heteroatoms. The molecule has 1 aliphatic rings. The SMILES string of the molecule is CC1(C(=O)O)CCCN1C(=O)c1ccc(=O)n(Cc2ccccc2Cl)c1. The maximum atomic E-state index is 12.9. The number of benzene rings is 1. The number of carbonyl (C=O) groups excluding carboxylic acids is 1. The van der Waals surface area contributed by atoms with Crippen LogP contribution in [0.3, 0.4) is 0 Å². The van der Waals surface area contributed by atoms with E-state index in [9.17, 15) is 19.5 Å². The van der Waals surface area contributed by atoms with Gasteiger partial charge in [-0.05, 0) is 37.5 Å². The number of carboxylic acid groups (broad SMARTS) is 1. The fourth-order valence-corrected chi connectivity index (χ4v) is 3.45. The Hall–Kier alpha value is -2.60. The molecule has 2 aromatic rings. The van der Waals surface area contributed by atoms with Crippen molar-refractivity contribution in [3.63, 3.8) is 0 Å². The summed E-state index contributed by atoms with van der Waals surface area (Å²) in [4.78, 5) is 38.0. The van der Waals surface area contributed by atoms with Crippen molar-refractivity contribution >= 4 is 23.5 Å². The predicted molar refractivity (Wildman–Crippen MR) is 97.6 cm³/mol. The first-order valence-corrected chi connectivity index (χ1v) is 8.70. The molecule has 1 N–H and O–H groups in total. The lowest BCUT2D eigenvalue weighted by molar-refractivity contribution is -0.147. The van der Waals surface area contributed by atoms with Gasteiger partial charge < -0.3 is 14.6 Å². The van der Waals surface area contributed by atoms with Gasteiger partial charge in [0.15, 0.2) is 0 Å². The van der Waals surface area contributed by atoms with Gasteiger partial charge in [0.25, 0.3) is 11.5 Å². The van der Waals surface area contributed by atoms with Crippen LogP contribution >= 0.6 is 11.6 Å². The zero-order valence-electron chi connectivity index (χ0n) is 14.3. The van der Waals surface area contributed by atoms with Crippen molar-refractivity contribution in [2.45, 2.75) is 31.8 Å². The molecule has 1 fully saturated rings. The summed E-state index contributed by atoms with van der Waals surface area (Å²) < 4.78 is 1.41. The maximum absolute atomic E-state index is 12.9. The Labute approximate surface area is 155 Å². The van der Waals surface area contributed by atoms with Gasteiger partial charge in [-0.1, -0.05) is 29.8 Å². The summed E-state index contributed by atoms with van der Waals surface area (Å²) in [6, 6.07) is 9.93. The monoisotopic (exact) mass is 374 g/mol. The van der Waals surface area contributed by atoms with Crippen LogP contribution in [0.15, 0.2) is 47.4 Å². The number of pyridine rings is 1. The minimum atomic E-state index is -1.22. The molecule has 0 radical (unpaired) electrons. The highest BCUT2D eigenvalue weighted by Gasteiger charge is 2.46. The molecule has 1 saturated heterocycles. The van der Waals surface area contributed by atoms with E-state index in [1.54, 1.807) is 19.1 Å². The molecule has 0 saturated carbocycles. The number of carboxylic acids is 1. The second kappa shape index (κ2) is 6.96. The first kappa shape index (κ1) is 18.2. The third kappa shape index (κ3) is 3.24. The molecular formula is C19H19ClN2O4. The number of aliphatic carboxylic acids is 1. The number of halogens is 1. The van der Waals surface area contributed by atoms with Gasteiger partial charge in [-0.2, -0.15) is 0 Å². The molecule has 2 heterocycles. The second-order valence-electron chi connectivity index (χ2n) is 6.61. The van der Waals surface area contributed by atoms with E-state index in [1.807, 2.05) is 12.1 Å². The summed E-state index contributed by atoms with van der Waals surface area (Å²) >= 11 is 6.15. The lowest BCUT2D eigenvalue weighted by Crippen LogP contribution is -2.50. The first-order valence-electron chi connectivity index (χ1n) is 8.32. The third-order valence-corrected chi connectivity index (χ3v) is 5.24. The summed E-state index contributed by atoms with van der Waals surface area (Å²) in [6.45, 7) is 2.17. The summed E-state index contributed by atoms with van der Waals surface area (Å²) in [7, 11) is 0.